The van der Waals surface area contributed by atoms with Crippen LogP contribution in [0.15, 0.2) is 63.9 Å². The van der Waals surface area contributed by atoms with E-state index in [1.165, 1.54) is 32.1 Å². The number of hydrogen-bond donors (Lipinski definition) is 0. The van der Waals surface area contributed by atoms with E-state index in [-0.39, 0.29) is 6.61 Å². The molecular formula is C21H18Cl3NO2S. The Kier molecular flexibility index (Phi) is 5.84. The molecule has 0 unspecified atom stereocenters. The van der Waals surface area contributed by atoms with Crippen LogP contribution in [0.1, 0.15) is 24.0 Å². The third kappa shape index (κ3) is 4.30. The standard InChI is InChI=1S/C21H18Cl3NO2S/c22-21(23,24)13-27-20(26)25-11-9-14(10-12-25)19-15-5-1-3-7-17(15)28-18-8-4-2-6-16(18)19/h1-8H,9-13H2. The lowest BCUT2D eigenvalue weighted by molar-refractivity contribution is 0.101. The summed E-state index contributed by atoms with van der Waals surface area (Å²) in [6.45, 7) is 0.933. The molecular weight excluding hydrogens is 437 g/mol. The summed E-state index contributed by atoms with van der Waals surface area (Å²) < 4.78 is 3.52. The summed E-state index contributed by atoms with van der Waals surface area (Å²) >= 11 is 18.8. The number of halogens is 3. The SMILES string of the molecule is O=C(OCC(Cl)(Cl)Cl)N1CCC(=C2c3ccccc3Sc3ccccc32)CC1. The fourth-order valence-electron chi connectivity index (χ4n) is 3.61. The van der Waals surface area contributed by atoms with Crippen LogP contribution in [-0.2, 0) is 4.74 Å². The third-order valence-electron chi connectivity index (χ3n) is 4.87. The van der Waals surface area contributed by atoms with Crippen LogP contribution in [0.2, 0.25) is 0 Å². The Bertz CT molecular complexity index is 882. The molecule has 0 N–H and O–H groups in total. The maximum Gasteiger partial charge on any atom is 0.409 e. The summed E-state index contributed by atoms with van der Waals surface area (Å²) in [6, 6.07) is 17.0. The lowest BCUT2D eigenvalue weighted by Crippen LogP contribution is -2.38. The number of fused-ring (bicyclic) bond motifs is 2. The summed E-state index contributed by atoms with van der Waals surface area (Å²) in [5, 5.41) is 0. The van der Waals surface area contributed by atoms with Gasteiger partial charge in [-0.05, 0) is 41.7 Å². The lowest BCUT2D eigenvalue weighted by atomic mass is 9.88. The highest BCUT2D eigenvalue weighted by atomic mass is 35.6. The van der Waals surface area contributed by atoms with Crippen LogP contribution >= 0.6 is 46.6 Å². The molecule has 0 bridgehead atoms. The molecule has 146 valence electrons. The molecule has 2 heterocycles. The lowest BCUT2D eigenvalue weighted by Gasteiger charge is -2.31. The number of carbonyl (C=O) groups excluding carboxylic acids is 1. The second kappa shape index (κ2) is 8.19. The van der Waals surface area contributed by atoms with Crippen LogP contribution in [0, 0.1) is 0 Å². The zero-order chi connectivity index (χ0) is 19.7. The Morgan fingerprint density at radius 1 is 0.964 bits per heavy atom. The number of hydrogen-bond acceptors (Lipinski definition) is 3. The average Bonchev–Trinajstić information content (AvgIpc) is 2.70. The van der Waals surface area contributed by atoms with Crippen LogP contribution in [0.4, 0.5) is 4.79 Å². The quantitative estimate of drug-likeness (QED) is 0.390. The van der Waals surface area contributed by atoms with Crippen molar-refractivity contribution < 1.29 is 9.53 Å². The number of rotatable bonds is 1. The van der Waals surface area contributed by atoms with Gasteiger partial charge in [0.1, 0.15) is 6.61 Å². The minimum atomic E-state index is -1.59. The molecule has 0 aliphatic carbocycles. The van der Waals surface area contributed by atoms with Crippen LogP contribution in [0.5, 0.6) is 0 Å². The van der Waals surface area contributed by atoms with E-state index >= 15 is 0 Å². The van der Waals surface area contributed by atoms with E-state index < -0.39 is 9.89 Å². The molecule has 1 amide bonds. The molecule has 7 heteroatoms. The number of alkyl halides is 3. The highest BCUT2D eigenvalue weighted by molar-refractivity contribution is 7.99. The number of amides is 1. The van der Waals surface area contributed by atoms with Gasteiger partial charge in [0.15, 0.2) is 0 Å². The summed E-state index contributed by atoms with van der Waals surface area (Å²) in [5.41, 5.74) is 5.21. The number of benzene rings is 2. The molecule has 0 aromatic heterocycles. The van der Waals surface area contributed by atoms with E-state index in [0.29, 0.717) is 13.1 Å². The maximum atomic E-state index is 12.2. The van der Waals surface area contributed by atoms with Crippen LogP contribution in [0.3, 0.4) is 0 Å². The van der Waals surface area contributed by atoms with Gasteiger partial charge in [-0.15, -0.1) is 0 Å². The van der Waals surface area contributed by atoms with Crippen molar-refractivity contribution in [3.8, 4) is 0 Å². The fourth-order valence-corrected chi connectivity index (χ4v) is 4.87. The van der Waals surface area contributed by atoms with Crippen molar-refractivity contribution in [2.45, 2.75) is 26.4 Å². The van der Waals surface area contributed by atoms with E-state index in [9.17, 15) is 4.79 Å². The number of carbonyl (C=O) groups is 1. The minimum absolute atomic E-state index is 0.251. The largest absolute Gasteiger partial charge is 0.445 e. The number of piperidine rings is 1. The molecule has 2 aliphatic heterocycles. The van der Waals surface area contributed by atoms with Crippen molar-refractivity contribution in [2.75, 3.05) is 19.7 Å². The van der Waals surface area contributed by atoms with Gasteiger partial charge in [0.2, 0.25) is 3.79 Å². The van der Waals surface area contributed by atoms with Gasteiger partial charge in [-0.25, -0.2) is 4.79 Å². The van der Waals surface area contributed by atoms with Gasteiger partial charge in [0, 0.05) is 22.9 Å². The van der Waals surface area contributed by atoms with Gasteiger partial charge in [-0.2, -0.15) is 0 Å². The highest BCUT2D eigenvalue weighted by Gasteiger charge is 2.29. The highest BCUT2D eigenvalue weighted by Crippen LogP contribution is 2.47. The Morgan fingerprint density at radius 2 is 1.50 bits per heavy atom. The molecule has 2 aromatic carbocycles. The first-order valence-corrected chi connectivity index (χ1v) is 10.9. The number of nitrogens with zero attached hydrogens (tertiary/aromatic N) is 1. The van der Waals surface area contributed by atoms with E-state index in [2.05, 4.69) is 48.5 Å². The second-order valence-corrected chi connectivity index (χ2v) is 10.3. The smallest absolute Gasteiger partial charge is 0.409 e. The second-order valence-electron chi connectivity index (χ2n) is 6.73. The van der Waals surface area contributed by atoms with Crippen molar-refractivity contribution >= 4 is 58.2 Å². The Morgan fingerprint density at radius 3 is 2.04 bits per heavy atom. The van der Waals surface area contributed by atoms with Crippen molar-refractivity contribution in [3.63, 3.8) is 0 Å². The van der Waals surface area contributed by atoms with E-state index in [1.807, 2.05) is 11.8 Å². The monoisotopic (exact) mass is 453 g/mol. The van der Waals surface area contributed by atoms with Crippen LogP contribution in [0.25, 0.3) is 5.57 Å². The topological polar surface area (TPSA) is 29.5 Å². The molecule has 2 aromatic rings. The van der Waals surface area contributed by atoms with Gasteiger partial charge < -0.3 is 9.64 Å². The summed E-state index contributed by atoms with van der Waals surface area (Å²) in [4.78, 5) is 16.5. The Hall–Kier alpha value is -1.33. The fraction of sp³-hybridized carbons (Fsp3) is 0.286. The van der Waals surface area contributed by atoms with Crippen LogP contribution < -0.4 is 0 Å². The first-order valence-electron chi connectivity index (χ1n) is 8.99. The molecule has 0 saturated carbocycles. The molecule has 0 spiro atoms. The molecule has 4 rings (SSSR count). The summed E-state index contributed by atoms with van der Waals surface area (Å²) in [5.74, 6) is 0. The Balaban J connectivity index is 1.58. The van der Waals surface area contributed by atoms with Gasteiger partial charge in [0.05, 0.1) is 0 Å². The van der Waals surface area contributed by atoms with Crippen molar-refractivity contribution in [2.24, 2.45) is 0 Å². The van der Waals surface area contributed by atoms with E-state index in [0.717, 1.165) is 12.8 Å². The Labute approximate surface area is 183 Å². The molecule has 28 heavy (non-hydrogen) atoms. The zero-order valence-corrected chi connectivity index (χ0v) is 18.0. The normalized spacial score (nSPS) is 16.5. The molecule has 0 radical (unpaired) electrons. The van der Waals surface area contributed by atoms with E-state index in [4.69, 9.17) is 39.5 Å². The van der Waals surface area contributed by atoms with Gasteiger partial charge >= 0.3 is 6.09 Å². The maximum absolute atomic E-state index is 12.2. The predicted octanol–water partition coefficient (Wildman–Crippen LogP) is 6.56. The molecule has 1 fully saturated rings. The first kappa shape index (κ1) is 20.0. The molecule has 1 saturated heterocycles. The van der Waals surface area contributed by atoms with Gasteiger partial charge in [-0.3, -0.25) is 0 Å². The van der Waals surface area contributed by atoms with Crippen molar-refractivity contribution in [3.05, 3.63) is 65.2 Å². The van der Waals surface area contributed by atoms with Crippen LogP contribution in [-0.4, -0.2) is 34.5 Å². The van der Waals surface area contributed by atoms with E-state index in [1.54, 1.807) is 4.90 Å². The number of likely N-dealkylation sites (tertiary alicyclic amines) is 1. The zero-order valence-electron chi connectivity index (χ0n) is 15.0. The van der Waals surface area contributed by atoms with Gasteiger partial charge in [-0.1, -0.05) is 88.5 Å². The summed E-state index contributed by atoms with van der Waals surface area (Å²) in [6.07, 6.45) is 1.16. The molecule has 3 nitrogen and oxygen atoms in total. The summed E-state index contributed by atoms with van der Waals surface area (Å²) in [7, 11) is 0. The molecule has 2 aliphatic rings. The predicted molar refractivity (Wildman–Crippen MR) is 115 cm³/mol. The minimum Gasteiger partial charge on any atom is -0.445 e. The number of ether oxygens (including phenoxy) is 1. The average molecular weight is 455 g/mol. The third-order valence-corrected chi connectivity index (χ3v) is 6.35. The van der Waals surface area contributed by atoms with Crippen molar-refractivity contribution in [1.82, 2.24) is 4.90 Å². The van der Waals surface area contributed by atoms with Crippen molar-refractivity contribution in [1.29, 1.82) is 0 Å². The molecule has 0 atom stereocenters. The first-order chi connectivity index (χ1) is 13.4. The van der Waals surface area contributed by atoms with Gasteiger partial charge in [0.25, 0.3) is 0 Å².